The number of nitrogens with zero attached hydrogens (tertiary/aromatic N) is 2. The summed E-state index contributed by atoms with van der Waals surface area (Å²) in [5.41, 5.74) is 4.00. The number of ketones is 1. The molecule has 5 rings (SSSR count). The van der Waals surface area contributed by atoms with E-state index in [1.807, 2.05) is 54.6 Å². The second kappa shape index (κ2) is 7.69. The molecule has 0 amide bonds. The van der Waals surface area contributed by atoms with Crippen molar-refractivity contribution in [2.24, 2.45) is 0 Å². The van der Waals surface area contributed by atoms with Crippen molar-refractivity contribution in [1.29, 1.82) is 0 Å². The van der Waals surface area contributed by atoms with E-state index in [0.29, 0.717) is 33.9 Å². The number of anilines is 2. The van der Waals surface area contributed by atoms with Crippen LogP contribution in [0, 0.1) is 0 Å². The zero-order valence-electron chi connectivity index (χ0n) is 17.4. The van der Waals surface area contributed by atoms with Gasteiger partial charge in [0, 0.05) is 17.4 Å². The molecular weight excluding hydrogens is 384 g/mol. The van der Waals surface area contributed by atoms with Gasteiger partial charge in [-0.2, -0.15) is 0 Å². The highest BCUT2D eigenvalue weighted by Gasteiger charge is 2.20. The lowest BCUT2D eigenvalue weighted by atomic mass is 9.97. The second-order valence-corrected chi connectivity index (χ2v) is 7.91. The summed E-state index contributed by atoms with van der Waals surface area (Å²) in [6, 6.07) is 21.9. The predicted molar refractivity (Wildman–Crippen MR) is 125 cm³/mol. The quantitative estimate of drug-likeness (QED) is 0.341. The molecular formula is C26H22N4O. The van der Waals surface area contributed by atoms with Crippen molar-refractivity contribution in [2.75, 3.05) is 5.32 Å². The minimum absolute atomic E-state index is 0.0585. The van der Waals surface area contributed by atoms with Crippen molar-refractivity contribution in [3.8, 4) is 0 Å². The molecule has 152 valence electrons. The number of carbonyl (C=O) groups is 1. The third kappa shape index (κ3) is 3.44. The van der Waals surface area contributed by atoms with Gasteiger partial charge in [-0.25, -0.2) is 9.97 Å². The summed E-state index contributed by atoms with van der Waals surface area (Å²) >= 11 is 0. The van der Waals surface area contributed by atoms with Crippen molar-refractivity contribution >= 4 is 39.1 Å². The normalized spacial score (nSPS) is 11.3. The van der Waals surface area contributed by atoms with Crippen LogP contribution >= 0.6 is 0 Å². The highest BCUT2D eigenvalue weighted by atomic mass is 16.1. The van der Waals surface area contributed by atoms with Crippen molar-refractivity contribution in [3.63, 3.8) is 0 Å². The minimum Gasteiger partial charge on any atom is -0.345 e. The van der Waals surface area contributed by atoms with E-state index in [0.717, 1.165) is 16.5 Å². The third-order valence-electron chi connectivity index (χ3n) is 5.56. The number of carbonyl (C=O) groups excluding carboxylic acids is 1. The van der Waals surface area contributed by atoms with Crippen LogP contribution in [0.25, 0.3) is 21.8 Å². The largest absolute Gasteiger partial charge is 0.345 e. The molecule has 0 saturated heterocycles. The van der Waals surface area contributed by atoms with Crippen LogP contribution in [-0.2, 0) is 0 Å². The number of nitrogens with one attached hydrogen (secondary N) is 2. The number of rotatable bonds is 5. The van der Waals surface area contributed by atoms with Crippen LogP contribution in [-0.4, -0.2) is 20.7 Å². The van der Waals surface area contributed by atoms with Gasteiger partial charge in [-0.05, 0) is 34.4 Å². The first-order valence-corrected chi connectivity index (χ1v) is 10.3. The molecule has 3 aromatic carbocycles. The monoisotopic (exact) mass is 406 g/mol. The average molecular weight is 406 g/mol. The molecule has 0 saturated carbocycles. The molecule has 0 radical (unpaired) electrons. The minimum atomic E-state index is -0.0585. The average Bonchev–Trinajstić information content (AvgIpc) is 3.24. The number of hydrogen-bond donors (Lipinski definition) is 2. The fourth-order valence-corrected chi connectivity index (χ4v) is 3.92. The van der Waals surface area contributed by atoms with Crippen LogP contribution < -0.4 is 5.32 Å². The Hall–Kier alpha value is -3.99. The molecule has 31 heavy (non-hydrogen) atoms. The number of benzene rings is 3. The molecule has 2 heterocycles. The molecule has 0 aliphatic heterocycles. The molecule has 5 heteroatoms. The molecule has 5 aromatic rings. The number of H-pyrrole nitrogens is 1. The van der Waals surface area contributed by atoms with Crippen molar-refractivity contribution < 1.29 is 4.79 Å². The molecule has 0 bridgehead atoms. The highest BCUT2D eigenvalue weighted by Crippen LogP contribution is 2.30. The number of hydrogen-bond acceptors (Lipinski definition) is 4. The lowest BCUT2D eigenvalue weighted by Crippen LogP contribution is -2.04. The van der Waals surface area contributed by atoms with Crippen LogP contribution in [0.5, 0.6) is 0 Å². The van der Waals surface area contributed by atoms with Gasteiger partial charge in [0.2, 0.25) is 0 Å². The van der Waals surface area contributed by atoms with Crippen LogP contribution in [0.1, 0.15) is 41.3 Å². The predicted octanol–water partition coefficient (Wildman–Crippen LogP) is 6.21. The topological polar surface area (TPSA) is 70.7 Å². The summed E-state index contributed by atoms with van der Waals surface area (Å²) in [7, 11) is 0. The lowest BCUT2D eigenvalue weighted by molar-refractivity contribution is 0.104. The van der Waals surface area contributed by atoms with E-state index in [1.54, 1.807) is 6.20 Å². The zero-order valence-corrected chi connectivity index (χ0v) is 17.4. The molecule has 0 fully saturated rings. The summed E-state index contributed by atoms with van der Waals surface area (Å²) < 4.78 is 0. The van der Waals surface area contributed by atoms with Crippen molar-refractivity contribution in [2.45, 2.75) is 19.8 Å². The first-order valence-electron chi connectivity index (χ1n) is 10.3. The van der Waals surface area contributed by atoms with E-state index >= 15 is 0 Å². The zero-order chi connectivity index (χ0) is 21.4. The Morgan fingerprint density at radius 3 is 2.61 bits per heavy atom. The van der Waals surface area contributed by atoms with Crippen molar-refractivity contribution in [1.82, 2.24) is 15.0 Å². The molecule has 0 atom stereocenters. The van der Waals surface area contributed by atoms with Gasteiger partial charge in [0.15, 0.2) is 5.78 Å². The third-order valence-corrected chi connectivity index (χ3v) is 5.56. The maximum absolute atomic E-state index is 13.6. The van der Waals surface area contributed by atoms with Gasteiger partial charge >= 0.3 is 0 Å². The SMILES string of the molecule is CC(C)c1cccc(Nc2ncnc3[nH]cc(C(=O)c4cccc5ccccc45)c23)c1. The van der Waals surface area contributed by atoms with E-state index < -0.39 is 0 Å². The van der Waals surface area contributed by atoms with E-state index in [9.17, 15) is 4.79 Å². The summed E-state index contributed by atoms with van der Waals surface area (Å²) in [5.74, 6) is 0.968. The first kappa shape index (κ1) is 19.0. The van der Waals surface area contributed by atoms with E-state index in [1.165, 1.54) is 11.9 Å². The smallest absolute Gasteiger partial charge is 0.195 e. The van der Waals surface area contributed by atoms with Crippen molar-refractivity contribution in [3.05, 3.63) is 95.9 Å². The number of aromatic amines is 1. The first-order chi connectivity index (χ1) is 15.1. The fourth-order valence-electron chi connectivity index (χ4n) is 3.92. The summed E-state index contributed by atoms with van der Waals surface area (Å²) in [4.78, 5) is 25.5. The van der Waals surface area contributed by atoms with Crippen LogP contribution in [0.2, 0.25) is 0 Å². The molecule has 0 aliphatic rings. The lowest BCUT2D eigenvalue weighted by Gasteiger charge is -2.11. The second-order valence-electron chi connectivity index (χ2n) is 7.91. The van der Waals surface area contributed by atoms with Gasteiger partial charge in [0.05, 0.1) is 10.9 Å². The molecule has 0 spiro atoms. The molecule has 2 N–H and O–H groups in total. The maximum Gasteiger partial charge on any atom is 0.195 e. The van der Waals surface area contributed by atoms with Gasteiger partial charge in [0.25, 0.3) is 0 Å². The summed E-state index contributed by atoms with van der Waals surface area (Å²) in [6.07, 6.45) is 3.22. The maximum atomic E-state index is 13.6. The Morgan fingerprint density at radius 2 is 1.74 bits per heavy atom. The van der Waals surface area contributed by atoms with Gasteiger partial charge in [-0.15, -0.1) is 0 Å². The highest BCUT2D eigenvalue weighted by molar-refractivity contribution is 6.22. The van der Waals surface area contributed by atoms with Crippen LogP contribution in [0.15, 0.2) is 79.3 Å². The molecule has 0 unspecified atom stereocenters. The summed E-state index contributed by atoms with van der Waals surface area (Å²) in [6.45, 7) is 4.32. The van der Waals surface area contributed by atoms with Gasteiger partial charge in [0.1, 0.15) is 17.8 Å². The Kier molecular flexibility index (Phi) is 4.71. The van der Waals surface area contributed by atoms with Gasteiger partial charge < -0.3 is 10.3 Å². The number of fused-ring (bicyclic) bond motifs is 2. The Labute approximate surface area is 180 Å². The summed E-state index contributed by atoms with van der Waals surface area (Å²) in [5, 5.41) is 6.05. The molecule has 5 nitrogen and oxygen atoms in total. The fraction of sp³-hybridized carbons (Fsp3) is 0.115. The van der Waals surface area contributed by atoms with E-state index in [2.05, 4.69) is 46.2 Å². The Balaban J connectivity index is 1.61. The van der Waals surface area contributed by atoms with Gasteiger partial charge in [-0.1, -0.05) is 68.4 Å². The molecule has 2 aromatic heterocycles. The number of aromatic nitrogens is 3. The Morgan fingerprint density at radius 1 is 0.935 bits per heavy atom. The van der Waals surface area contributed by atoms with Gasteiger partial charge in [-0.3, -0.25) is 4.79 Å². The van der Waals surface area contributed by atoms with E-state index in [-0.39, 0.29) is 5.78 Å². The molecule has 0 aliphatic carbocycles. The van der Waals surface area contributed by atoms with Crippen LogP contribution in [0.3, 0.4) is 0 Å². The van der Waals surface area contributed by atoms with Crippen LogP contribution in [0.4, 0.5) is 11.5 Å². The Bertz CT molecular complexity index is 1410. The van der Waals surface area contributed by atoms with E-state index in [4.69, 9.17) is 0 Å². The standard InChI is InChI=1S/C26H22N4O/c1-16(2)18-9-5-10-19(13-18)30-26-23-22(14-27-25(23)28-15-29-26)24(31)21-12-6-8-17-7-3-4-11-20(17)21/h3-16H,1-2H3,(H2,27,28,29,30).